The van der Waals surface area contributed by atoms with Crippen molar-refractivity contribution >= 4 is 68.0 Å². The third kappa shape index (κ3) is 4.41. The molecule has 0 saturated heterocycles. The number of aliphatic hydroxyl groups excluding tert-OH is 1. The van der Waals surface area contributed by atoms with Crippen molar-refractivity contribution < 1.29 is 5.11 Å². The van der Waals surface area contributed by atoms with Crippen LogP contribution in [0.5, 0.6) is 0 Å². The Balaban J connectivity index is 2.15. The molecule has 2 aromatic rings. The monoisotopic (exact) mass is 427 g/mol. The average molecular weight is 430 g/mol. The van der Waals surface area contributed by atoms with Crippen LogP contribution in [-0.2, 0) is 0 Å². The molecule has 0 aromatic heterocycles. The lowest BCUT2D eigenvalue weighted by Crippen LogP contribution is -2.13. The first-order valence-electron chi connectivity index (χ1n) is 5.90. The van der Waals surface area contributed by atoms with E-state index in [1.165, 1.54) is 0 Å². The van der Waals surface area contributed by atoms with Gasteiger partial charge in [0.1, 0.15) is 0 Å². The van der Waals surface area contributed by atoms with Crippen molar-refractivity contribution in [2.75, 3.05) is 11.9 Å². The van der Waals surface area contributed by atoms with Gasteiger partial charge in [-0.2, -0.15) is 0 Å². The van der Waals surface area contributed by atoms with Crippen LogP contribution in [0.15, 0.2) is 34.8 Å². The summed E-state index contributed by atoms with van der Waals surface area (Å²) in [4.78, 5) is 0. The van der Waals surface area contributed by atoms with Crippen molar-refractivity contribution in [3.8, 4) is 0 Å². The molecule has 0 fully saturated rings. The number of halogens is 5. The molecule has 0 amide bonds. The van der Waals surface area contributed by atoms with E-state index < -0.39 is 6.10 Å². The van der Waals surface area contributed by atoms with Crippen LogP contribution in [0, 0.1) is 0 Å². The van der Waals surface area contributed by atoms with Crippen molar-refractivity contribution in [1.82, 2.24) is 0 Å². The fourth-order valence-corrected chi connectivity index (χ4v) is 3.56. The molecule has 2 aromatic carbocycles. The number of anilines is 1. The molecule has 2 N–H and O–H groups in total. The van der Waals surface area contributed by atoms with E-state index in [1.54, 1.807) is 30.3 Å². The Labute approximate surface area is 151 Å². The Bertz CT molecular complexity index is 642. The van der Waals surface area contributed by atoms with Crippen LogP contribution in [0.2, 0.25) is 20.1 Å². The molecular formula is C14H10BrCl4NO. The molecule has 0 radical (unpaired) electrons. The molecule has 0 heterocycles. The van der Waals surface area contributed by atoms with E-state index >= 15 is 0 Å². The van der Waals surface area contributed by atoms with Gasteiger partial charge in [0, 0.05) is 26.6 Å². The van der Waals surface area contributed by atoms with E-state index in [4.69, 9.17) is 46.4 Å². The minimum absolute atomic E-state index is 0.196. The van der Waals surface area contributed by atoms with Gasteiger partial charge in [-0.25, -0.2) is 0 Å². The summed E-state index contributed by atoms with van der Waals surface area (Å²) in [6.07, 6.45) is -0.841. The summed E-state index contributed by atoms with van der Waals surface area (Å²) in [5.74, 6) is 0. The first-order valence-corrected chi connectivity index (χ1v) is 8.20. The molecule has 1 unspecified atom stereocenters. The standard InChI is InChI=1S/C14H10BrCl4NO/c15-7-3-11(18)14(12(19)4-7)20-6-13(21)9-5-8(16)1-2-10(9)17/h1-5,13,20-21H,6H2. The van der Waals surface area contributed by atoms with Crippen LogP contribution in [0.25, 0.3) is 0 Å². The second-order valence-corrected chi connectivity index (χ2v) is 6.88. The van der Waals surface area contributed by atoms with Gasteiger partial charge in [0.05, 0.1) is 21.8 Å². The Kier molecular flexibility index (Phi) is 6.06. The van der Waals surface area contributed by atoms with Crippen molar-refractivity contribution in [3.05, 3.63) is 60.5 Å². The number of rotatable bonds is 4. The van der Waals surface area contributed by atoms with Gasteiger partial charge in [-0.1, -0.05) is 62.3 Å². The summed E-state index contributed by atoms with van der Waals surface area (Å²) >= 11 is 27.5. The Morgan fingerprint density at radius 2 is 1.62 bits per heavy atom. The molecule has 2 rings (SSSR count). The molecule has 0 saturated carbocycles. The number of hydrogen-bond acceptors (Lipinski definition) is 2. The van der Waals surface area contributed by atoms with E-state index in [0.717, 1.165) is 4.47 Å². The maximum Gasteiger partial charge on any atom is 0.0977 e. The molecule has 7 heteroatoms. The topological polar surface area (TPSA) is 32.3 Å². The maximum atomic E-state index is 10.2. The van der Waals surface area contributed by atoms with E-state index in [-0.39, 0.29) is 6.54 Å². The normalized spacial score (nSPS) is 12.3. The Hall–Kier alpha value is -0.160. The molecule has 21 heavy (non-hydrogen) atoms. The van der Waals surface area contributed by atoms with Gasteiger partial charge in [0.15, 0.2) is 0 Å². The molecule has 1 atom stereocenters. The lowest BCUT2D eigenvalue weighted by molar-refractivity contribution is 0.192. The smallest absolute Gasteiger partial charge is 0.0977 e. The van der Waals surface area contributed by atoms with Crippen molar-refractivity contribution in [1.29, 1.82) is 0 Å². The van der Waals surface area contributed by atoms with Crippen LogP contribution < -0.4 is 5.32 Å². The summed E-state index contributed by atoms with van der Waals surface area (Å²) in [5.41, 5.74) is 1.10. The van der Waals surface area contributed by atoms with Crippen molar-refractivity contribution in [3.63, 3.8) is 0 Å². The molecule has 0 spiro atoms. The van der Waals surface area contributed by atoms with Crippen LogP contribution in [0.3, 0.4) is 0 Å². The van der Waals surface area contributed by atoms with Crippen molar-refractivity contribution in [2.45, 2.75) is 6.10 Å². The van der Waals surface area contributed by atoms with Crippen LogP contribution in [0.1, 0.15) is 11.7 Å². The number of hydrogen-bond donors (Lipinski definition) is 2. The predicted molar refractivity (Wildman–Crippen MR) is 94.1 cm³/mol. The van der Waals surface area contributed by atoms with Gasteiger partial charge >= 0.3 is 0 Å². The highest BCUT2D eigenvalue weighted by molar-refractivity contribution is 9.10. The molecule has 0 aliphatic heterocycles. The zero-order chi connectivity index (χ0) is 15.6. The van der Waals surface area contributed by atoms with Crippen LogP contribution in [0.4, 0.5) is 5.69 Å². The third-order valence-corrected chi connectivity index (χ3v) is 4.43. The van der Waals surface area contributed by atoms with Gasteiger partial charge in [-0.15, -0.1) is 0 Å². The summed E-state index contributed by atoms with van der Waals surface area (Å²) in [6.45, 7) is 0.196. The molecule has 0 aliphatic rings. The Morgan fingerprint density at radius 1 is 1.00 bits per heavy atom. The highest BCUT2D eigenvalue weighted by Gasteiger charge is 2.14. The number of aliphatic hydroxyl groups is 1. The minimum atomic E-state index is -0.841. The minimum Gasteiger partial charge on any atom is -0.387 e. The first kappa shape index (κ1) is 17.2. The molecule has 0 aliphatic carbocycles. The molecular weight excluding hydrogens is 420 g/mol. The second-order valence-electron chi connectivity index (χ2n) is 4.31. The lowest BCUT2D eigenvalue weighted by Gasteiger charge is -2.16. The summed E-state index contributed by atoms with van der Waals surface area (Å²) in [7, 11) is 0. The SMILES string of the molecule is OC(CNc1c(Cl)cc(Br)cc1Cl)c1cc(Cl)ccc1Cl. The maximum absolute atomic E-state index is 10.2. The van der Waals surface area contributed by atoms with Gasteiger partial charge in [-0.3, -0.25) is 0 Å². The number of nitrogens with one attached hydrogen (secondary N) is 1. The zero-order valence-corrected chi connectivity index (χ0v) is 15.1. The quantitative estimate of drug-likeness (QED) is 0.605. The zero-order valence-electron chi connectivity index (χ0n) is 10.5. The van der Waals surface area contributed by atoms with Gasteiger partial charge < -0.3 is 10.4 Å². The summed E-state index contributed by atoms with van der Waals surface area (Å²) in [6, 6.07) is 8.36. The van der Waals surface area contributed by atoms with E-state index in [2.05, 4.69) is 21.2 Å². The van der Waals surface area contributed by atoms with Gasteiger partial charge in [0.25, 0.3) is 0 Å². The van der Waals surface area contributed by atoms with Gasteiger partial charge in [-0.05, 0) is 30.3 Å². The molecule has 2 nitrogen and oxygen atoms in total. The number of benzene rings is 2. The first-order chi connectivity index (χ1) is 9.88. The second kappa shape index (κ2) is 7.40. The van der Waals surface area contributed by atoms with Gasteiger partial charge in [0.2, 0.25) is 0 Å². The average Bonchev–Trinajstić information content (AvgIpc) is 2.40. The van der Waals surface area contributed by atoms with Crippen molar-refractivity contribution in [2.24, 2.45) is 0 Å². The van der Waals surface area contributed by atoms with E-state index in [9.17, 15) is 5.11 Å². The summed E-state index contributed by atoms with van der Waals surface area (Å²) < 4.78 is 0.779. The van der Waals surface area contributed by atoms with E-state index in [1.807, 2.05) is 0 Å². The Morgan fingerprint density at radius 3 is 2.24 bits per heavy atom. The highest BCUT2D eigenvalue weighted by atomic mass is 79.9. The predicted octanol–water partition coefficient (Wildman–Crippen LogP) is 6.21. The molecule has 112 valence electrons. The highest BCUT2D eigenvalue weighted by Crippen LogP contribution is 2.34. The van der Waals surface area contributed by atoms with E-state index in [0.29, 0.717) is 31.3 Å². The third-order valence-electron chi connectivity index (χ3n) is 2.80. The fourth-order valence-electron chi connectivity index (χ4n) is 1.79. The summed E-state index contributed by atoms with van der Waals surface area (Å²) in [5, 5.41) is 15.1. The van der Waals surface area contributed by atoms with Crippen LogP contribution >= 0.6 is 62.3 Å². The fraction of sp³-hybridized carbons (Fsp3) is 0.143. The molecule has 0 bridgehead atoms. The largest absolute Gasteiger partial charge is 0.387 e. The van der Waals surface area contributed by atoms with Crippen LogP contribution in [-0.4, -0.2) is 11.7 Å². The lowest BCUT2D eigenvalue weighted by atomic mass is 10.1.